The van der Waals surface area contributed by atoms with E-state index < -0.39 is 30.2 Å². The Labute approximate surface area is 299 Å². The van der Waals surface area contributed by atoms with Crippen LogP contribution >= 0.6 is 0 Å². The van der Waals surface area contributed by atoms with Crippen molar-refractivity contribution in [2.24, 2.45) is 0 Å². The third-order valence-electron chi connectivity index (χ3n) is 9.26. The molecule has 4 nitrogen and oxygen atoms in total. The van der Waals surface area contributed by atoms with Crippen LogP contribution in [0.5, 0.6) is 0 Å². The second kappa shape index (κ2) is 14.2. The number of hydrogen-bond donors (Lipinski definition) is 0. The molecule has 2 saturated carbocycles. The summed E-state index contributed by atoms with van der Waals surface area (Å²) in [6.07, 6.45) is 16.1. The van der Waals surface area contributed by atoms with E-state index in [4.69, 9.17) is 6.03 Å². The van der Waals surface area contributed by atoms with E-state index in [0.717, 1.165) is 39.7 Å². The van der Waals surface area contributed by atoms with Gasteiger partial charge in [0, 0.05) is 0 Å². The number of hydrogen-bond acceptors (Lipinski definition) is 4. The van der Waals surface area contributed by atoms with Gasteiger partial charge in [-0.05, 0) is 0 Å². The molecule has 0 aromatic heterocycles. The summed E-state index contributed by atoms with van der Waals surface area (Å²) in [5.41, 5.74) is 5.78. The maximum absolute atomic E-state index is 14.7. The van der Waals surface area contributed by atoms with Crippen molar-refractivity contribution in [2.75, 3.05) is 0 Å². The van der Waals surface area contributed by atoms with Gasteiger partial charge in [-0.2, -0.15) is 0 Å². The molecule has 2 aliphatic rings. The van der Waals surface area contributed by atoms with Crippen LogP contribution in [-0.4, -0.2) is 30.2 Å². The van der Waals surface area contributed by atoms with Crippen LogP contribution in [0.1, 0.15) is 48.5 Å². The van der Waals surface area contributed by atoms with Gasteiger partial charge in [0.05, 0.1) is 0 Å². The monoisotopic (exact) mass is 762 g/mol. The van der Waals surface area contributed by atoms with Crippen molar-refractivity contribution in [3.8, 4) is 0 Å². The van der Waals surface area contributed by atoms with Crippen LogP contribution in [0.4, 0.5) is 0 Å². The van der Waals surface area contributed by atoms with Crippen LogP contribution in [0.2, 0.25) is 0 Å². The number of carbonyl (C=O) groups excluding carboxylic acids is 2. The van der Waals surface area contributed by atoms with Crippen molar-refractivity contribution in [1.29, 1.82) is 0 Å². The molecule has 0 atom stereocenters. The standard InChI is InChI=1S/2C12H9O2.3C7H7.Sb/c2*13-12(14)11-7-5-10(6-8-11)9-3-1-2-4-9;3*1-7-5-3-2-4-6-7;/h2*1-8H,(H,13,14);3*3-6H,1H3;/q;;;;;+2/p-2. The Hall–Kier alpha value is -4.14. The zero-order valence-electron chi connectivity index (χ0n) is 28.2. The molecule has 50 heavy (non-hydrogen) atoms. The predicted molar refractivity (Wildman–Crippen MR) is 201 cm³/mol. The van der Waals surface area contributed by atoms with E-state index in [1.165, 1.54) is 0 Å². The maximum atomic E-state index is 14.7. The Bertz CT molecular complexity index is 1760. The summed E-state index contributed by atoms with van der Waals surface area (Å²) in [5, 5.41) is 0. The minimum atomic E-state index is -6.16. The summed E-state index contributed by atoms with van der Waals surface area (Å²) in [6, 6.07) is 38.4. The first-order chi connectivity index (χ1) is 24.2. The summed E-state index contributed by atoms with van der Waals surface area (Å²) < 4.78 is 16.2. The average molecular weight is 764 g/mol. The molecule has 246 valence electrons. The van der Waals surface area contributed by atoms with Gasteiger partial charge < -0.3 is 0 Å². The van der Waals surface area contributed by atoms with E-state index in [0.29, 0.717) is 21.7 Å². The fourth-order valence-corrected chi connectivity index (χ4v) is 19.2. The molecule has 0 saturated heterocycles. The molecule has 0 heterocycles. The Morgan fingerprint density at radius 1 is 0.400 bits per heavy atom. The van der Waals surface area contributed by atoms with Gasteiger partial charge in [-0.3, -0.25) is 0 Å². The molecule has 0 aliphatic heterocycles. The molecule has 5 aromatic rings. The van der Waals surface area contributed by atoms with Gasteiger partial charge in [0.2, 0.25) is 0 Å². The second-order valence-electron chi connectivity index (χ2n) is 12.7. The van der Waals surface area contributed by atoms with E-state index >= 15 is 0 Å². The number of benzene rings is 5. The van der Waals surface area contributed by atoms with Crippen LogP contribution in [0.3, 0.4) is 0 Å². The topological polar surface area (TPSA) is 52.6 Å². The first-order valence-corrected chi connectivity index (χ1v) is 22.5. The minimum absolute atomic E-state index is 0.361. The number of rotatable bonds is 9. The molecule has 7 rings (SSSR count). The average Bonchev–Trinajstić information content (AvgIpc) is 3.89. The van der Waals surface area contributed by atoms with Crippen molar-refractivity contribution in [3.05, 3.63) is 223 Å². The summed E-state index contributed by atoms with van der Waals surface area (Å²) in [4.78, 5) is 29.4. The Morgan fingerprint density at radius 3 is 0.960 bits per heavy atom. The van der Waals surface area contributed by atoms with Gasteiger partial charge in [0.1, 0.15) is 0 Å². The van der Waals surface area contributed by atoms with Gasteiger partial charge in [0.25, 0.3) is 0 Å². The van der Waals surface area contributed by atoms with Crippen LogP contribution in [0.15, 0.2) is 121 Å². The van der Waals surface area contributed by atoms with Crippen molar-refractivity contribution in [3.63, 3.8) is 0 Å². The SMILES string of the molecule is Cc1cc[c]([Sb]([O]C(=O)c2ccc([C]3[CH][CH][CH][CH]3)cc2)([O]C(=O)c2ccc([C]3[CH][CH][CH][CH]3)cc2)([c]2ccc(C)cc2)[c]2ccc(C)cc2)cc1. The normalized spacial score (nSPS) is 16.1. The van der Waals surface area contributed by atoms with Crippen LogP contribution < -0.4 is 10.5 Å². The van der Waals surface area contributed by atoms with Crippen LogP contribution in [0.25, 0.3) is 0 Å². The predicted octanol–water partition coefficient (Wildman–Crippen LogP) is 7.25. The fourth-order valence-electron chi connectivity index (χ4n) is 6.38. The Balaban J connectivity index is 1.43. The molecule has 0 bridgehead atoms. The van der Waals surface area contributed by atoms with Crippen molar-refractivity contribution in [2.45, 2.75) is 20.8 Å². The Morgan fingerprint density at radius 2 is 0.680 bits per heavy atom. The van der Waals surface area contributed by atoms with E-state index in [1.807, 2.05) is 169 Å². The zero-order chi connectivity index (χ0) is 34.7. The second-order valence-corrected chi connectivity index (χ2v) is 23.7. The van der Waals surface area contributed by atoms with Gasteiger partial charge >= 0.3 is 301 Å². The molecular weight excluding hydrogens is 726 g/mol. The molecule has 5 heteroatoms. The van der Waals surface area contributed by atoms with Gasteiger partial charge in [-0.15, -0.1) is 0 Å². The molecule has 2 fully saturated rings. The zero-order valence-corrected chi connectivity index (χ0v) is 30.8. The molecule has 10 radical (unpaired) electrons. The van der Waals surface area contributed by atoms with Gasteiger partial charge in [-0.1, -0.05) is 0 Å². The first kappa shape index (κ1) is 34.3. The first-order valence-electron chi connectivity index (χ1n) is 16.6. The third kappa shape index (κ3) is 6.44. The van der Waals surface area contributed by atoms with E-state index in [2.05, 4.69) is 0 Å². The summed E-state index contributed by atoms with van der Waals surface area (Å²) >= 11 is -6.16. The Kier molecular flexibility index (Phi) is 9.77. The molecule has 0 unspecified atom stereocenters. The van der Waals surface area contributed by atoms with Crippen LogP contribution in [-0.2, 0) is 6.03 Å². The van der Waals surface area contributed by atoms with Crippen molar-refractivity contribution in [1.82, 2.24) is 0 Å². The van der Waals surface area contributed by atoms with E-state index in [1.54, 1.807) is 24.3 Å². The summed E-state index contributed by atoms with van der Waals surface area (Å²) in [6.45, 7) is 6.02. The molecular formula is C45H37O4Sb. The molecule has 0 amide bonds. The van der Waals surface area contributed by atoms with Gasteiger partial charge in [0.15, 0.2) is 0 Å². The number of aryl methyl sites for hydroxylation is 3. The quantitative estimate of drug-likeness (QED) is 0.149. The molecule has 5 aromatic carbocycles. The summed E-state index contributed by atoms with van der Waals surface area (Å²) in [7, 11) is 0. The summed E-state index contributed by atoms with van der Waals surface area (Å²) in [5.74, 6) is 0.988. The molecule has 0 N–H and O–H groups in total. The van der Waals surface area contributed by atoms with E-state index in [9.17, 15) is 9.59 Å². The van der Waals surface area contributed by atoms with Crippen LogP contribution in [0, 0.1) is 84.0 Å². The fraction of sp³-hybridized carbons (Fsp3) is 0.0667. The third-order valence-corrected chi connectivity index (χ3v) is 22.8. The molecule has 0 spiro atoms. The van der Waals surface area contributed by atoms with Crippen molar-refractivity contribution >= 4 is 40.7 Å². The van der Waals surface area contributed by atoms with Gasteiger partial charge in [-0.25, -0.2) is 0 Å². The van der Waals surface area contributed by atoms with Crippen molar-refractivity contribution < 1.29 is 15.6 Å². The number of carbonyl (C=O) groups is 2. The van der Waals surface area contributed by atoms with E-state index in [-0.39, 0.29) is 0 Å². The molecule has 2 aliphatic carbocycles.